The number of rotatable bonds is 6. The van der Waals surface area contributed by atoms with Crippen LogP contribution in [0, 0.1) is 11.3 Å². The molecule has 0 bridgehead atoms. The predicted octanol–water partition coefficient (Wildman–Crippen LogP) is 3.35. The van der Waals surface area contributed by atoms with Gasteiger partial charge in [-0.25, -0.2) is 4.98 Å². The zero-order valence-electron chi connectivity index (χ0n) is 13.1. The maximum atomic E-state index is 12.2. The van der Waals surface area contributed by atoms with Gasteiger partial charge < -0.3 is 9.88 Å². The van der Waals surface area contributed by atoms with Crippen molar-refractivity contribution >= 4 is 17.4 Å². The molecule has 0 aliphatic rings. The zero-order chi connectivity index (χ0) is 15.3. The number of hydrogen-bond acceptors (Lipinski definition) is 3. The quantitative estimate of drug-likeness (QED) is 0.819. The molecule has 1 rings (SSSR count). The number of hydrogen-bond donors (Lipinski definition) is 1. The summed E-state index contributed by atoms with van der Waals surface area (Å²) < 4.78 is 1.69. The summed E-state index contributed by atoms with van der Waals surface area (Å²) in [7, 11) is 0. The molecule has 0 amide bonds. The van der Waals surface area contributed by atoms with E-state index in [0.29, 0.717) is 24.8 Å². The first-order chi connectivity index (χ1) is 9.19. The maximum absolute atomic E-state index is 12.2. The fourth-order valence-corrected chi connectivity index (χ4v) is 2.59. The number of alkyl halides is 1. The van der Waals surface area contributed by atoms with Crippen LogP contribution in [0.3, 0.4) is 0 Å². The molecule has 114 valence electrons. The second kappa shape index (κ2) is 7.11. The summed E-state index contributed by atoms with van der Waals surface area (Å²) in [5, 5.41) is 3.05. The fourth-order valence-electron chi connectivity index (χ4n) is 2.05. The molecule has 5 heteroatoms. The third kappa shape index (κ3) is 5.95. The summed E-state index contributed by atoms with van der Waals surface area (Å²) in [5.41, 5.74) is 0.0941. The average Bonchev–Trinajstić information content (AvgIpc) is 2.27. The Balaban J connectivity index is 2.67. The second-order valence-corrected chi connectivity index (χ2v) is 7.49. The molecule has 0 saturated heterocycles. The van der Waals surface area contributed by atoms with Gasteiger partial charge in [-0.1, -0.05) is 34.6 Å². The number of aromatic nitrogens is 2. The van der Waals surface area contributed by atoms with Gasteiger partial charge in [0.2, 0.25) is 0 Å². The Hall–Kier alpha value is -1.03. The SMILES string of the molecule is CC(C)Cn1ccnc(NCC(Cl)CC(C)(C)C)c1=O. The highest BCUT2D eigenvalue weighted by molar-refractivity contribution is 6.20. The highest BCUT2D eigenvalue weighted by Gasteiger charge is 2.17. The fraction of sp³-hybridized carbons (Fsp3) is 0.733. The van der Waals surface area contributed by atoms with Gasteiger partial charge in [-0.3, -0.25) is 4.79 Å². The van der Waals surface area contributed by atoms with Gasteiger partial charge in [0.05, 0.1) is 5.38 Å². The summed E-state index contributed by atoms with van der Waals surface area (Å²) in [6.07, 6.45) is 4.26. The van der Waals surface area contributed by atoms with Crippen molar-refractivity contribution in [3.63, 3.8) is 0 Å². The molecule has 0 saturated carbocycles. The molecule has 1 unspecified atom stereocenters. The van der Waals surface area contributed by atoms with Crippen LogP contribution in [0.15, 0.2) is 17.2 Å². The van der Waals surface area contributed by atoms with Gasteiger partial charge in [0, 0.05) is 25.5 Å². The van der Waals surface area contributed by atoms with Crippen LogP contribution in [0.1, 0.15) is 41.0 Å². The van der Waals surface area contributed by atoms with E-state index in [2.05, 4.69) is 44.9 Å². The Kier molecular flexibility index (Phi) is 6.06. The third-order valence-corrected chi connectivity index (χ3v) is 3.11. The molecular formula is C15H26ClN3O. The Bertz CT molecular complexity index is 477. The summed E-state index contributed by atoms with van der Waals surface area (Å²) >= 11 is 6.29. The van der Waals surface area contributed by atoms with E-state index >= 15 is 0 Å². The first-order valence-corrected chi connectivity index (χ1v) is 7.56. The topological polar surface area (TPSA) is 46.9 Å². The molecule has 1 aromatic rings. The van der Waals surface area contributed by atoms with Crippen molar-refractivity contribution in [1.29, 1.82) is 0 Å². The summed E-state index contributed by atoms with van der Waals surface area (Å²) in [6.45, 7) is 11.9. The number of nitrogens with zero attached hydrogens (tertiary/aromatic N) is 2. The molecular weight excluding hydrogens is 274 g/mol. The number of nitrogens with one attached hydrogen (secondary N) is 1. The van der Waals surface area contributed by atoms with Gasteiger partial charge in [0.1, 0.15) is 0 Å². The number of halogens is 1. The molecule has 1 heterocycles. The molecule has 0 aromatic carbocycles. The highest BCUT2D eigenvalue weighted by atomic mass is 35.5. The summed E-state index contributed by atoms with van der Waals surface area (Å²) in [5.74, 6) is 0.803. The Morgan fingerprint density at radius 2 is 2.05 bits per heavy atom. The lowest BCUT2D eigenvalue weighted by molar-refractivity contribution is 0.373. The Morgan fingerprint density at radius 3 is 2.60 bits per heavy atom. The van der Waals surface area contributed by atoms with E-state index in [-0.39, 0.29) is 16.4 Å². The maximum Gasteiger partial charge on any atom is 0.293 e. The van der Waals surface area contributed by atoms with Gasteiger partial charge in [0.15, 0.2) is 5.82 Å². The molecule has 0 spiro atoms. The van der Waals surface area contributed by atoms with Crippen molar-refractivity contribution in [3.05, 3.63) is 22.7 Å². The lowest BCUT2D eigenvalue weighted by atomic mass is 9.90. The predicted molar refractivity (Wildman–Crippen MR) is 85.5 cm³/mol. The van der Waals surface area contributed by atoms with Crippen LogP contribution in [0.4, 0.5) is 5.82 Å². The van der Waals surface area contributed by atoms with Crippen molar-refractivity contribution in [2.24, 2.45) is 11.3 Å². The van der Waals surface area contributed by atoms with Gasteiger partial charge in [-0.15, -0.1) is 11.6 Å². The van der Waals surface area contributed by atoms with E-state index in [9.17, 15) is 4.79 Å². The van der Waals surface area contributed by atoms with Gasteiger partial charge in [0.25, 0.3) is 5.56 Å². The first kappa shape index (κ1) is 17.0. The molecule has 0 aliphatic carbocycles. The van der Waals surface area contributed by atoms with Crippen molar-refractivity contribution in [1.82, 2.24) is 9.55 Å². The van der Waals surface area contributed by atoms with Gasteiger partial charge >= 0.3 is 0 Å². The minimum atomic E-state index is -0.0826. The molecule has 4 nitrogen and oxygen atoms in total. The van der Waals surface area contributed by atoms with Gasteiger partial charge in [-0.05, 0) is 17.8 Å². The molecule has 0 fully saturated rings. The molecule has 20 heavy (non-hydrogen) atoms. The lowest BCUT2D eigenvalue weighted by Gasteiger charge is -2.22. The summed E-state index contributed by atoms with van der Waals surface area (Å²) in [6, 6.07) is 0. The minimum Gasteiger partial charge on any atom is -0.364 e. The normalized spacial score (nSPS) is 13.6. The van der Waals surface area contributed by atoms with Crippen LogP contribution in [0.2, 0.25) is 0 Å². The summed E-state index contributed by atoms with van der Waals surface area (Å²) in [4.78, 5) is 16.3. The van der Waals surface area contributed by atoms with Crippen molar-refractivity contribution in [2.75, 3.05) is 11.9 Å². The van der Waals surface area contributed by atoms with Crippen LogP contribution >= 0.6 is 11.6 Å². The monoisotopic (exact) mass is 299 g/mol. The van der Waals surface area contributed by atoms with E-state index in [0.717, 1.165) is 6.42 Å². The molecule has 0 radical (unpaired) electrons. The highest BCUT2D eigenvalue weighted by Crippen LogP contribution is 2.23. The minimum absolute atomic E-state index is 0.0186. The lowest BCUT2D eigenvalue weighted by Crippen LogP contribution is -2.28. The third-order valence-electron chi connectivity index (χ3n) is 2.80. The molecule has 0 aliphatic heterocycles. The van der Waals surface area contributed by atoms with Crippen LogP contribution in [-0.2, 0) is 6.54 Å². The van der Waals surface area contributed by atoms with Crippen LogP contribution < -0.4 is 10.9 Å². The van der Waals surface area contributed by atoms with Gasteiger partial charge in [-0.2, -0.15) is 0 Å². The van der Waals surface area contributed by atoms with Crippen molar-refractivity contribution < 1.29 is 0 Å². The number of anilines is 1. The second-order valence-electron chi connectivity index (χ2n) is 6.87. The van der Waals surface area contributed by atoms with Crippen LogP contribution in [0.5, 0.6) is 0 Å². The molecule has 1 N–H and O–H groups in total. The van der Waals surface area contributed by atoms with E-state index in [1.165, 1.54) is 0 Å². The van der Waals surface area contributed by atoms with E-state index in [1.807, 2.05) is 0 Å². The molecule has 1 aromatic heterocycles. The largest absolute Gasteiger partial charge is 0.364 e. The average molecular weight is 300 g/mol. The first-order valence-electron chi connectivity index (χ1n) is 7.12. The molecule has 1 atom stereocenters. The zero-order valence-corrected chi connectivity index (χ0v) is 13.9. The van der Waals surface area contributed by atoms with Crippen molar-refractivity contribution in [3.8, 4) is 0 Å². The smallest absolute Gasteiger partial charge is 0.293 e. The van der Waals surface area contributed by atoms with Crippen molar-refractivity contribution in [2.45, 2.75) is 53.0 Å². The van der Waals surface area contributed by atoms with E-state index < -0.39 is 0 Å². The van der Waals surface area contributed by atoms with E-state index in [4.69, 9.17) is 11.6 Å². The Morgan fingerprint density at radius 1 is 1.40 bits per heavy atom. The van der Waals surface area contributed by atoms with Crippen LogP contribution in [0.25, 0.3) is 0 Å². The van der Waals surface area contributed by atoms with Crippen LogP contribution in [-0.4, -0.2) is 21.5 Å². The Labute approximate surface area is 126 Å². The van der Waals surface area contributed by atoms with E-state index in [1.54, 1.807) is 17.0 Å². The standard InChI is InChI=1S/C15H26ClN3O/c1-11(2)10-19-7-6-17-13(14(19)20)18-9-12(16)8-15(3,4)5/h6-7,11-12H,8-10H2,1-5H3,(H,17,18).